The van der Waals surface area contributed by atoms with Gasteiger partial charge in [-0.2, -0.15) is 0 Å². The number of esters is 1. The maximum Gasteiger partial charge on any atom is 0.396 e. The number of carbonyl (C=O) groups excluding carboxylic acids is 2. The molecule has 1 amide bonds. The molecule has 102 valence electrons. The Morgan fingerprint density at radius 2 is 1.84 bits per heavy atom. The first-order valence-corrected chi connectivity index (χ1v) is 6.30. The summed E-state index contributed by atoms with van der Waals surface area (Å²) >= 11 is 0. The second-order valence-corrected chi connectivity index (χ2v) is 4.61. The van der Waals surface area contributed by atoms with Crippen molar-refractivity contribution in [2.45, 2.75) is 6.92 Å². The second kappa shape index (κ2) is 5.73. The third-order valence-electron chi connectivity index (χ3n) is 3.29. The van der Waals surface area contributed by atoms with E-state index in [1.165, 1.54) is 17.6 Å². The third kappa shape index (κ3) is 3.05. The van der Waals surface area contributed by atoms with Crippen LogP contribution in [0.25, 0.3) is 0 Å². The van der Waals surface area contributed by atoms with Crippen LogP contribution < -0.4 is 4.90 Å². The first kappa shape index (κ1) is 13.4. The molecule has 0 atom stereocenters. The fraction of sp³-hybridized carbons (Fsp3) is 0.429. The number of hydrogen-bond donors (Lipinski definition) is 0. The molecule has 5 nitrogen and oxygen atoms in total. The second-order valence-electron chi connectivity index (χ2n) is 4.61. The molecule has 2 rings (SSSR count). The van der Waals surface area contributed by atoms with Crippen molar-refractivity contribution in [2.75, 3.05) is 38.2 Å². The highest BCUT2D eigenvalue weighted by Gasteiger charge is 2.26. The van der Waals surface area contributed by atoms with Crippen molar-refractivity contribution in [1.82, 2.24) is 4.90 Å². The van der Waals surface area contributed by atoms with Gasteiger partial charge in [-0.05, 0) is 24.6 Å². The fourth-order valence-corrected chi connectivity index (χ4v) is 2.21. The Kier molecular flexibility index (Phi) is 4.04. The van der Waals surface area contributed by atoms with Crippen LogP contribution in [0.15, 0.2) is 24.3 Å². The first-order valence-electron chi connectivity index (χ1n) is 6.30. The molecule has 0 N–H and O–H groups in total. The van der Waals surface area contributed by atoms with Gasteiger partial charge < -0.3 is 14.5 Å². The number of methoxy groups -OCH3 is 1. The van der Waals surface area contributed by atoms with Gasteiger partial charge in [-0.25, -0.2) is 4.79 Å². The van der Waals surface area contributed by atoms with E-state index in [2.05, 4.69) is 34.8 Å². The number of hydrogen-bond acceptors (Lipinski definition) is 4. The Hall–Kier alpha value is -2.04. The summed E-state index contributed by atoms with van der Waals surface area (Å²) in [5.74, 6) is -1.34. The molecule has 1 heterocycles. The van der Waals surface area contributed by atoms with Crippen molar-refractivity contribution < 1.29 is 14.3 Å². The minimum Gasteiger partial charge on any atom is -0.462 e. The number of nitrogens with zero attached hydrogens (tertiary/aromatic N) is 2. The van der Waals surface area contributed by atoms with E-state index in [4.69, 9.17) is 0 Å². The highest BCUT2D eigenvalue weighted by Crippen LogP contribution is 2.17. The van der Waals surface area contributed by atoms with E-state index in [0.717, 1.165) is 18.8 Å². The summed E-state index contributed by atoms with van der Waals surface area (Å²) in [7, 11) is 1.23. The van der Waals surface area contributed by atoms with E-state index in [1.54, 1.807) is 0 Å². The zero-order valence-electron chi connectivity index (χ0n) is 11.3. The number of anilines is 1. The zero-order valence-corrected chi connectivity index (χ0v) is 11.3. The van der Waals surface area contributed by atoms with E-state index in [-0.39, 0.29) is 0 Å². The summed E-state index contributed by atoms with van der Waals surface area (Å²) < 4.78 is 4.45. The molecule has 0 unspecified atom stereocenters. The van der Waals surface area contributed by atoms with Crippen LogP contribution >= 0.6 is 0 Å². The molecular weight excluding hydrogens is 244 g/mol. The maximum atomic E-state index is 11.7. The lowest BCUT2D eigenvalue weighted by Gasteiger charge is -2.35. The molecular formula is C14H18N2O3. The van der Waals surface area contributed by atoms with Gasteiger partial charge in [-0.3, -0.25) is 4.79 Å². The van der Waals surface area contributed by atoms with Crippen LogP contribution in [0, 0.1) is 6.92 Å². The van der Waals surface area contributed by atoms with E-state index in [0.29, 0.717) is 13.1 Å². The SMILES string of the molecule is COC(=O)C(=O)N1CCN(c2cccc(C)c2)CC1. The van der Waals surface area contributed by atoms with Crippen LogP contribution in [0.2, 0.25) is 0 Å². The van der Waals surface area contributed by atoms with Crippen molar-refractivity contribution in [3.63, 3.8) is 0 Å². The molecule has 19 heavy (non-hydrogen) atoms. The van der Waals surface area contributed by atoms with Gasteiger partial charge in [-0.15, -0.1) is 0 Å². The van der Waals surface area contributed by atoms with Gasteiger partial charge in [0.2, 0.25) is 0 Å². The Morgan fingerprint density at radius 1 is 1.16 bits per heavy atom. The van der Waals surface area contributed by atoms with E-state index in [1.807, 2.05) is 6.07 Å². The van der Waals surface area contributed by atoms with Crippen molar-refractivity contribution in [3.05, 3.63) is 29.8 Å². The Morgan fingerprint density at radius 3 is 2.42 bits per heavy atom. The Labute approximate surface area is 112 Å². The monoisotopic (exact) mass is 262 g/mol. The molecule has 0 radical (unpaired) electrons. The molecule has 0 saturated carbocycles. The molecule has 0 aromatic heterocycles. The van der Waals surface area contributed by atoms with Gasteiger partial charge in [-0.1, -0.05) is 12.1 Å². The van der Waals surface area contributed by atoms with Crippen LogP contribution in [-0.2, 0) is 14.3 Å². The first-order chi connectivity index (χ1) is 9.11. The summed E-state index contributed by atoms with van der Waals surface area (Å²) in [5, 5.41) is 0. The van der Waals surface area contributed by atoms with Crippen LogP contribution in [0.3, 0.4) is 0 Å². The standard InChI is InChI=1S/C14H18N2O3/c1-11-4-3-5-12(10-11)15-6-8-16(9-7-15)13(17)14(18)19-2/h3-5,10H,6-9H2,1-2H3. The van der Waals surface area contributed by atoms with E-state index in [9.17, 15) is 9.59 Å². The quantitative estimate of drug-likeness (QED) is 0.555. The molecule has 1 saturated heterocycles. The molecule has 0 bridgehead atoms. The molecule has 0 spiro atoms. The topological polar surface area (TPSA) is 49.9 Å². The smallest absolute Gasteiger partial charge is 0.396 e. The number of amides is 1. The summed E-state index contributed by atoms with van der Waals surface area (Å²) in [6, 6.07) is 8.26. The highest BCUT2D eigenvalue weighted by molar-refractivity contribution is 6.32. The zero-order chi connectivity index (χ0) is 13.8. The van der Waals surface area contributed by atoms with Gasteiger partial charge in [0.25, 0.3) is 0 Å². The molecule has 1 aliphatic rings. The van der Waals surface area contributed by atoms with Crippen LogP contribution in [-0.4, -0.2) is 50.1 Å². The van der Waals surface area contributed by atoms with Crippen molar-refractivity contribution >= 4 is 17.6 Å². The van der Waals surface area contributed by atoms with Crippen LogP contribution in [0.4, 0.5) is 5.69 Å². The van der Waals surface area contributed by atoms with Gasteiger partial charge in [0.15, 0.2) is 0 Å². The highest BCUT2D eigenvalue weighted by atomic mass is 16.5. The molecule has 5 heteroatoms. The number of benzene rings is 1. The number of rotatable bonds is 1. The number of aryl methyl sites for hydroxylation is 1. The minimum absolute atomic E-state index is 0.544. The largest absolute Gasteiger partial charge is 0.462 e. The molecule has 0 aliphatic carbocycles. The fourth-order valence-electron chi connectivity index (χ4n) is 2.21. The van der Waals surface area contributed by atoms with Crippen molar-refractivity contribution in [3.8, 4) is 0 Å². The molecule has 1 aromatic carbocycles. The van der Waals surface area contributed by atoms with Crippen molar-refractivity contribution in [1.29, 1.82) is 0 Å². The predicted molar refractivity (Wildman–Crippen MR) is 72.0 cm³/mol. The summed E-state index contributed by atoms with van der Waals surface area (Å²) in [6.07, 6.45) is 0. The average Bonchev–Trinajstić information content (AvgIpc) is 2.46. The minimum atomic E-state index is -0.788. The maximum absolute atomic E-state index is 11.7. The number of ether oxygens (including phenoxy) is 1. The lowest BCUT2D eigenvalue weighted by Crippen LogP contribution is -2.50. The lowest BCUT2D eigenvalue weighted by molar-refractivity contribution is -0.158. The number of piperazine rings is 1. The van der Waals surface area contributed by atoms with Gasteiger partial charge in [0, 0.05) is 31.9 Å². The van der Waals surface area contributed by atoms with Gasteiger partial charge in [0.05, 0.1) is 7.11 Å². The summed E-state index contributed by atoms with van der Waals surface area (Å²) in [4.78, 5) is 26.6. The predicted octanol–water partition coefficient (Wildman–Crippen LogP) is 0.817. The normalized spacial score (nSPS) is 15.3. The van der Waals surface area contributed by atoms with Gasteiger partial charge in [0.1, 0.15) is 0 Å². The van der Waals surface area contributed by atoms with E-state index < -0.39 is 11.9 Å². The third-order valence-corrected chi connectivity index (χ3v) is 3.29. The van der Waals surface area contributed by atoms with Crippen LogP contribution in [0.5, 0.6) is 0 Å². The molecule has 1 aliphatic heterocycles. The average molecular weight is 262 g/mol. The molecule has 1 fully saturated rings. The summed E-state index contributed by atoms with van der Waals surface area (Å²) in [5.41, 5.74) is 2.37. The van der Waals surface area contributed by atoms with Crippen LogP contribution in [0.1, 0.15) is 5.56 Å². The number of carbonyl (C=O) groups is 2. The lowest BCUT2D eigenvalue weighted by atomic mass is 10.2. The van der Waals surface area contributed by atoms with Gasteiger partial charge >= 0.3 is 11.9 Å². The summed E-state index contributed by atoms with van der Waals surface area (Å²) in [6.45, 7) is 4.60. The Balaban J connectivity index is 1.96. The van der Waals surface area contributed by atoms with Crippen molar-refractivity contribution in [2.24, 2.45) is 0 Å². The van der Waals surface area contributed by atoms with E-state index >= 15 is 0 Å². The molecule has 1 aromatic rings. The Bertz CT molecular complexity index is 479.